The van der Waals surface area contributed by atoms with Crippen molar-refractivity contribution in [1.82, 2.24) is 15.0 Å². The highest BCUT2D eigenvalue weighted by atomic mass is 19.1. The highest BCUT2D eigenvalue weighted by molar-refractivity contribution is 5.91. The first-order valence-corrected chi connectivity index (χ1v) is 10.3. The molecule has 2 atom stereocenters. The topological polar surface area (TPSA) is 105 Å². The fourth-order valence-corrected chi connectivity index (χ4v) is 4.50. The lowest BCUT2D eigenvalue weighted by Gasteiger charge is -2.45. The van der Waals surface area contributed by atoms with Crippen molar-refractivity contribution in [3.05, 3.63) is 53.5 Å². The number of rotatable bonds is 4. The van der Waals surface area contributed by atoms with Crippen molar-refractivity contribution in [1.29, 1.82) is 0 Å². The molecule has 2 amide bonds. The number of nitrogens with zero attached hydrogens (tertiary/aromatic N) is 5. The molecular formula is C22H24F2N6O2. The van der Waals surface area contributed by atoms with Crippen LogP contribution in [-0.2, 0) is 4.79 Å². The first kappa shape index (κ1) is 21.8. The number of halogens is 2. The maximum atomic E-state index is 13.7. The van der Waals surface area contributed by atoms with Crippen molar-refractivity contribution < 1.29 is 18.4 Å². The summed E-state index contributed by atoms with van der Waals surface area (Å²) in [7, 11) is 0. The van der Waals surface area contributed by atoms with Gasteiger partial charge in [-0.25, -0.2) is 23.8 Å². The first-order valence-electron chi connectivity index (χ1n) is 10.3. The van der Waals surface area contributed by atoms with E-state index in [4.69, 9.17) is 5.73 Å². The van der Waals surface area contributed by atoms with Crippen molar-refractivity contribution in [2.45, 2.75) is 32.7 Å². The molecule has 10 heteroatoms. The summed E-state index contributed by atoms with van der Waals surface area (Å²) in [5, 5.41) is 5.58. The van der Waals surface area contributed by atoms with E-state index in [1.54, 1.807) is 12.3 Å². The number of carbonyl (C=O) groups excluding carboxylic acids is 2. The Morgan fingerprint density at radius 3 is 2.50 bits per heavy atom. The van der Waals surface area contributed by atoms with E-state index in [1.807, 2.05) is 18.7 Å². The third-order valence-corrected chi connectivity index (χ3v) is 6.08. The summed E-state index contributed by atoms with van der Waals surface area (Å²) < 4.78 is 27.5. The molecule has 3 heterocycles. The van der Waals surface area contributed by atoms with Crippen LogP contribution in [-0.4, -0.2) is 46.1 Å². The minimum Gasteiger partial charge on any atom is -0.364 e. The van der Waals surface area contributed by atoms with Crippen LogP contribution in [0.4, 0.5) is 14.6 Å². The molecule has 2 aliphatic rings. The van der Waals surface area contributed by atoms with Gasteiger partial charge in [0.05, 0.1) is 6.04 Å². The molecule has 4 rings (SSSR count). The number of aromatic nitrogens is 2. The van der Waals surface area contributed by atoms with Crippen LogP contribution in [0.5, 0.6) is 0 Å². The number of primary amides is 1. The van der Waals surface area contributed by atoms with E-state index in [0.29, 0.717) is 37.3 Å². The number of nitrogens with two attached hydrogens (primary N) is 1. The second kappa shape index (κ2) is 8.25. The molecule has 1 saturated heterocycles. The van der Waals surface area contributed by atoms with Crippen LogP contribution >= 0.6 is 0 Å². The van der Waals surface area contributed by atoms with Crippen molar-refractivity contribution in [3.8, 4) is 0 Å². The molecular weight excluding hydrogens is 418 g/mol. The lowest BCUT2D eigenvalue weighted by Crippen LogP contribution is -2.51. The van der Waals surface area contributed by atoms with Gasteiger partial charge in [-0.2, -0.15) is 5.10 Å². The molecule has 168 valence electrons. The Bertz CT molecular complexity index is 1070. The number of piperidine rings is 1. The SMILES string of the molecule is CC1(C)CN(c2cc(C(N)=O)ncn2)CC[C@@H]1C(=O)N1N=CC[C@H]1c1cc(F)cc(F)c1. The summed E-state index contributed by atoms with van der Waals surface area (Å²) in [6, 6.07) is 4.28. The molecule has 0 aliphatic carbocycles. The summed E-state index contributed by atoms with van der Waals surface area (Å²) >= 11 is 0. The number of hydrogen-bond donors (Lipinski definition) is 1. The number of hydrazone groups is 1. The van der Waals surface area contributed by atoms with Gasteiger partial charge in [-0.1, -0.05) is 13.8 Å². The van der Waals surface area contributed by atoms with Gasteiger partial charge in [0.2, 0.25) is 5.91 Å². The molecule has 1 aromatic carbocycles. The molecule has 1 aromatic heterocycles. The van der Waals surface area contributed by atoms with E-state index in [1.165, 1.54) is 23.5 Å². The summed E-state index contributed by atoms with van der Waals surface area (Å²) in [5.74, 6) is -1.98. The van der Waals surface area contributed by atoms with Crippen LogP contribution in [0, 0.1) is 23.0 Å². The van der Waals surface area contributed by atoms with E-state index < -0.39 is 29.0 Å². The lowest BCUT2D eigenvalue weighted by atomic mass is 9.73. The number of hydrogen-bond acceptors (Lipinski definition) is 6. The van der Waals surface area contributed by atoms with E-state index in [-0.39, 0.29) is 17.5 Å². The van der Waals surface area contributed by atoms with Gasteiger partial charge < -0.3 is 10.6 Å². The van der Waals surface area contributed by atoms with E-state index in [0.717, 1.165) is 6.07 Å². The molecule has 8 nitrogen and oxygen atoms in total. The predicted octanol–water partition coefficient (Wildman–Crippen LogP) is 2.67. The van der Waals surface area contributed by atoms with Crippen LogP contribution in [0.1, 0.15) is 48.8 Å². The second-order valence-corrected chi connectivity index (χ2v) is 8.81. The summed E-state index contributed by atoms with van der Waals surface area (Å²) in [5.41, 5.74) is 5.37. The summed E-state index contributed by atoms with van der Waals surface area (Å²) in [6.45, 7) is 5.00. The molecule has 0 unspecified atom stereocenters. The average Bonchev–Trinajstić information content (AvgIpc) is 3.22. The smallest absolute Gasteiger partial charge is 0.267 e. The van der Waals surface area contributed by atoms with Crippen LogP contribution in [0.25, 0.3) is 0 Å². The van der Waals surface area contributed by atoms with Crippen molar-refractivity contribution in [3.63, 3.8) is 0 Å². The molecule has 0 radical (unpaired) electrons. The zero-order valence-electron chi connectivity index (χ0n) is 17.8. The summed E-state index contributed by atoms with van der Waals surface area (Å²) in [6.07, 6.45) is 3.81. The quantitative estimate of drug-likeness (QED) is 0.784. The Balaban J connectivity index is 1.53. The fourth-order valence-electron chi connectivity index (χ4n) is 4.50. The third-order valence-electron chi connectivity index (χ3n) is 6.08. The Morgan fingerprint density at radius 1 is 1.12 bits per heavy atom. The molecule has 0 saturated carbocycles. The highest BCUT2D eigenvalue weighted by Crippen LogP contribution is 2.40. The number of amides is 2. The van der Waals surface area contributed by atoms with E-state index >= 15 is 0 Å². The van der Waals surface area contributed by atoms with Gasteiger partial charge in [-0.05, 0) is 29.5 Å². The van der Waals surface area contributed by atoms with Gasteiger partial charge in [0.15, 0.2) is 0 Å². The average molecular weight is 442 g/mol. The van der Waals surface area contributed by atoms with Gasteiger partial charge in [-0.3, -0.25) is 9.59 Å². The predicted molar refractivity (Wildman–Crippen MR) is 114 cm³/mol. The van der Waals surface area contributed by atoms with Crippen LogP contribution in [0.15, 0.2) is 35.7 Å². The Morgan fingerprint density at radius 2 is 1.84 bits per heavy atom. The normalized spacial score (nSPS) is 22.2. The number of anilines is 1. The molecule has 2 aromatic rings. The maximum Gasteiger partial charge on any atom is 0.267 e. The lowest BCUT2D eigenvalue weighted by molar-refractivity contribution is -0.142. The van der Waals surface area contributed by atoms with E-state index in [9.17, 15) is 18.4 Å². The van der Waals surface area contributed by atoms with Crippen molar-refractivity contribution in [2.24, 2.45) is 22.2 Å². The molecule has 0 bridgehead atoms. The summed E-state index contributed by atoms with van der Waals surface area (Å²) in [4.78, 5) is 35.0. The Hall–Kier alpha value is -3.43. The number of carbonyl (C=O) groups is 2. The monoisotopic (exact) mass is 442 g/mol. The van der Waals surface area contributed by atoms with Gasteiger partial charge in [0.25, 0.3) is 5.91 Å². The molecule has 32 heavy (non-hydrogen) atoms. The highest BCUT2D eigenvalue weighted by Gasteiger charge is 2.44. The van der Waals surface area contributed by atoms with E-state index in [2.05, 4.69) is 15.1 Å². The minimum atomic E-state index is -0.687. The van der Waals surface area contributed by atoms with Crippen LogP contribution < -0.4 is 10.6 Å². The van der Waals surface area contributed by atoms with Gasteiger partial charge >= 0.3 is 0 Å². The maximum absolute atomic E-state index is 13.7. The Kier molecular flexibility index (Phi) is 5.62. The third kappa shape index (κ3) is 4.17. The van der Waals surface area contributed by atoms with Gasteiger partial charge in [-0.15, -0.1) is 0 Å². The molecule has 0 spiro atoms. The molecule has 1 fully saturated rings. The zero-order chi connectivity index (χ0) is 23.0. The Labute approximate surface area is 184 Å². The molecule has 2 aliphatic heterocycles. The van der Waals surface area contributed by atoms with Crippen LogP contribution in [0.2, 0.25) is 0 Å². The first-order chi connectivity index (χ1) is 15.2. The fraction of sp³-hybridized carbons (Fsp3) is 0.409. The molecule has 2 N–H and O–H groups in total. The minimum absolute atomic E-state index is 0.127. The standard InChI is InChI=1S/C22H24F2N6O2/c1-22(2)11-29(19-10-17(20(25)31)26-12-27-19)6-4-16(22)21(32)30-18(3-5-28-30)13-7-14(23)9-15(24)8-13/h5,7-10,12,16,18H,3-4,6,11H2,1-2H3,(H2,25,31)/t16-,18+/m1/s1. The van der Waals surface area contributed by atoms with Crippen molar-refractivity contribution in [2.75, 3.05) is 18.0 Å². The van der Waals surface area contributed by atoms with Gasteiger partial charge in [0, 0.05) is 43.8 Å². The largest absolute Gasteiger partial charge is 0.364 e. The zero-order valence-corrected chi connectivity index (χ0v) is 17.8. The van der Waals surface area contributed by atoms with Gasteiger partial charge in [0.1, 0.15) is 29.5 Å². The van der Waals surface area contributed by atoms with Crippen molar-refractivity contribution >= 4 is 23.8 Å². The number of benzene rings is 1. The van der Waals surface area contributed by atoms with Crippen LogP contribution in [0.3, 0.4) is 0 Å². The second-order valence-electron chi connectivity index (χ2n) is 8.81.